The van der Waals surface area contributed by atoms with Crippen molar-refractivity contribution in [1.82, 2.24) is 20.1 Å². The largest absolute Gasteiger partial charge is 0.310 e. The summed E-state index contributed by atoms with van der Waals surface area (Å²) in [5.74, 6) is 0.977. The van der Waals surface area contributed by atoms with Crippen LogP contribution >= 0.6 is 31.9 Å². The van der Waals surface area contributed by atoms with E-state index in [0.717, 1.165) is 34.2 Å². The molecule has 0 aliphatic heterocycles. The van der Waals surface area contributed by atoms with Crippen LogP contribution in [0.3, 0.4) is 0 Å². The first-order valence-corrected chi connectivity index (χ1v) is 8.21. The Kier molecular flexibility index (Phi) is 5.74. The van der Waals surface area contributed by atoms with Gasteiger partial charge in [0, 0.05) is 28.5 Å². The van der Waals surface area contributed by atoms with Crippen LogP contribution < -0.4 is 5.32 Å². The Morgan fingerprint density at radius 3 is 2.80 bits per heavy atom. The van der Waals surface area contributed by atoms with E-state index in [1.807, 2.05) is 17.8 Å². The Morgan fingerprint density at radius 2 is 2.15 bits per heavy atom. The summed E-state index contributed by atoms with van der Waals surface area (Å²) in [7, 11) is 1.93. The van der Waals surface area contributed by atoms with Crippen molar-refractivity contribution in [2.45, 2.75) is 25.8 Å². The van der Waals surface area contributed by atoms with Crippen molar-refractivity contribution in [3.8, 4) is 0 Å². The van der Waals surface area contributed by atoms with E-state index in [0.29, 0.717) is 0 Å². The topological polar surface area (TPSA) is 42.7 Å². The SMILES string of the molecule is CCCNC(Cc1ncnn1C)c1cc(Br)ccc1Br. The molecule has 0 aliphatic carbocycles. The molecule has 2 rings (SSSR count). The molecular formula is C14H18Br2N4. The summed E-state index contributed by atoms with van der Waals surface area (Å²) in [5, 5.41) is 7.73. The minimum absolute atomic E-state index is 0.213. The number of hydrogen-bond acceptors (Lipinski definition) is 3. The maximum absolute atomic E-state index is 4.33. The van der Waals surface area contributed by atoms with Crippen LogP contribution in [0.2, 0.25) is 0 Å². The lowest BCUT2D eigenvalue weighted by Gasteiger charge is -2.20. The second kappa shape index (κ2) is 7.33. The molecule has 2 aromatic rings. The molecule has 1 heterocycles. The van der Waals surface area contributed by atoms with Crippen molar-refractivity contribution in [3.63, 3.8) is 0 Å². The Morgan fingerprint density at radius 1 is 1.35 bits per heavy atom. The molecule has 0 saturated heterocycles. The summed E-state index contributed by atoms with van der Waals surface area (Å²) >= 11 is 7.19. The molecule has 0 saturated carbocycles. The maximum atomic E-state index is 4.33. The third-order valence-corrected chi connectivity index (χ3v) is 4.38. The van der Waals surface area contributed by atoms with Crippen molar-refractivity contribution in [2.75, 3.05) is 6.54 Å². The average Bonchev–Trinajstić information content (AvgIpc) is 2.83. The van der Waals surface area contributed by atoms with Gasteiger partial charge in [0.2, 0.25) is 0 Å². The van der Waals surface area contributed by atoms with Gasteiger partial charge in [-0.1, -0.05) is 38.8 Å². The van der Waals surface area contributed by atoms with E-state index < -0.39 is 0 Å². The second-order valence-corrected chi connectivity index (χ2v) is 6.45. The van der Waals surface area contributed by atoms with E-state index in [2.05, 4.69) is 66.3 Å². The zero-order valence-electron chi connectivity index (χ0n) is 11.6. The minimum Gasteiger partial charge on any atom is -0.310 e. The summed E-state index contributed by atoms with van der Waals surface area (Å²) in [5.41, 5.74) is 1.23. The van der Waals surface area contributed by atoms with E-state index in [4.69, 9.17) is 0 Å². The van der Waals surface area contributed by atoms with Gasteiger partial charge < -0.3 is 5.32 Å². The van der Waals surface area contributed by atoms with Crippen molar-refractivity contribution >= 4 is 31.9 Å². The van der Waals surface area contributed by atoms with E-state index in [1.54, 1.807) is 6.33 Å². The molecular weight excluding hydrogens is 384 g/mol. The predicted molar refractivity (Wildman–Crippen MR) is 87.6 cm³/mol. The highest BCUT2D eigenvalue weighted by molar-refractivity contribution is 9.11. The number of nitrogens with one attached hydrogen (secondary N) is 1. The highest BCUT2D eigenvalue weighted by Gasteiger charge is 2.17. The highest BCUT2D eigenvalue weighted by Crippen LogP contribution is 2.28. The van der Waals surface area contributed by atoms with E-state index in [9.17, 15) is 0 Å². The quantitative estimate of drug-likeness (QED) is 0.803. The smallest absolute Gasteiger partial charge is 0.138 e. The zero-order chi connectivity index (χ0) is 14.5. The minimum atomic E-state index is 0.213. The molecule has 20 heavy (non-hydrogen) atoms. The molecule has 0 aliphatic rings. The number of nitrogens with zero attached hydrogens (tertiary/aromatic N) is 3. The average molecular weight is 402 g/mol. The number of halogens is 2. The molecule has 1 N–H and O–H groups in total. The molecule has 6 heteroatoms. The van der Waals surface area contributed by atoms with Gasteiger partial charge in [0.1, 0.15) is 12.2 Å². The van der Waals surface area contributed by atoms with Crippen LogP contribution in [0.4, 0.5) is 0 Å². The van der Waals surface area contributed by atoms with Crippen LogP contribution in [0, 0.1) is 0 Å². The summed E-state index contributed by atoms with van der Waals surface area (Å²) in [4.78, 5) is 4.33. The van der Waals surface area contributed by atoms with E-state index >= 15 is 0 Å². The molecule has 4 nitrogen and oxygen atoms in total. The Bertz CT molecular complexity index is 568. The summed E-state index contributed by atoms with van der Waals surface area (Å²) in [6, 6.07) is 6.46. The molecule has 0 amide bonds. The van der Waals surface area contributed by atoms with Crippen molar-refractivity contribution in [1.29, 1.82) is 0 Å². The molecule has 0 spiro atoms. The molecule has 1 unspecified atom stereocenters. The van der Waals surface area contributed by atoms with Crippen LogP contribution in [-0.2, 0) is 13.5 Å². The van der Waals surface area contributed by atoms with Crippen LogP contribution in [0.5, 0.6) is 0 Å². The van der Waals surface area contributed by atoms with Gasteiger partial charge in [0.15, 0.2) is 0 Å². The van der Waals surface area contributed by atoms with Crippen molar-refractivity contribution in [2.24, 2.45) is 7.05 Å². The lowest BCUT2D eigenvalue weighted by molar-refractivity contribution is 0.505. The van der Waals surface area contributed by atoms with Crippen molar-refractivity contribution in [3.05, 3.63) is 44.9 Å². The molecule has 0 radical (unpaired) electrons. The van der Waals surface area contributed by atoms with Crippen LogP contribution in [-0.4, -0.2) is 21.3 Å². The summed E-state index contributed by atoms with van der Waals surface area (Å²) in [6.07, 6.45) is 3.51. The summed E-state index contributed by atoms with van der Waals surface area (Å²) < 4.78 is 4.01. The van der Waals surface area contributed by atoms with Crippen LogP contribution in [0.15, 0.2) is 33.5 Å². The molecule has 0 bridgehead atoms. The second-order valence-electron chi connectivity index (χ2n) is 4.68. The van der Waals surface area contributed by atoms with Crippen molar-refractivity contribution < 1.29 is 0 Å². The number of benzene rings is 1. The Balaban J connectivity index is 2.27. The van der Waals surface area contributed by atoms with E-state index in [-0.39, 0.29) is 6.04 Å². The van der Waals surface area contributed by atoms with Gasteiger partial charge in [-0.15, -0.1) is 0 Å². The van der Waals surface area contributed by atoms with Crippen LogP contribution in [0.1, 0.15) is 30.8 Å². The molecule has 1 aromatic carbocycles. The first-order chi connectivity index (χ1) is 9.61. The number of aromatic nitrogens is 3. The third kappa shape index (κ3) is 3.90. The van der Waals surface area contributed by atoms with Gasteiger partial charge in [-0.25, -0.2) is 4.98 Å². The van der Waals surface area contributed by atoms with Gasteiger partial charge in [-0.3, -0.25) is 4.68 Å². The number of hydrogen-bond donors (Lipinski definition) is 1. The van der Waals surface area contributed by atoms with Gasteiger partial charge in [-0.05, 0) is 36.7 Å². The molecule has 1 atom stereocenters. The van der Waals surface area contributed by atoms with Crippen LogP contribution in [0.25, 0.3) is 0 Å². The number of rotatable bonds is 6. The monoisotopic (exact) mass is 400 g/mol. The van der Waals surface area contributed by atoms with Gasteiger partial charge in [0.25, 0.3) is 0 Å². The maximum Gasteiger partial charge on any atom is 0.138 e. The van der Waals surface area contributed by atoms with Gasteiger partial charge in [0.05, 0.1) is 0 Å². The fraction of sp³-hybridized carbons (Fsp3) is 0.429. The molecule has 0 fully saturated rings. The Hall–Kier alpha value is -0.720. The predicted octanol–water partition coefficient (Wildman–Crippen LogP) is 3.62. The first kappa shape index (κ1) is 15.7. The number of aryl methyl sites for hydroxylation is 1. The first-order valence-electron chi connectivity index (χ1n) is 6.63. The fourth-order valence-electron chi connectivity index (χ4n) is 2.08. The summed E-state index contributed by atoms with van der Waals surface area (Å²) in [6.45, 7) is 3.14. The lowest BCUT2D eigenvalue weighted by Crippen LogP contribution is -2.25. The van der Waals surface area contributed by atoms with Gasteiger partial charge in [-0.2, -0.15) is 5.10 Å². The van der Waals surface area contributed by atoms with Gasteiger partial charge >= 0.3 is 0 Å². The Labute approximate surface area is 136 Å². The normalized spacial score (nSPS) is 12.6. The standard InChI is InChI=1S/C14H18Br2N4/c1-3-6-17-13(8-14-18-9-19-20(14)2)11-7-10(15)4-5-12(11)16/h4-5,7,9,13,17H,3,6,8H2,1-2H3. The van der Waals surface area contributed by atoms with E-state index in [1.165, 1.54) is 5.56 Å². The third-order valence-electron chi connectivity index (χ3n) is 3.17. The molecule has 108 valence electrons. The lowest BCUT2D eigenvalue weighted by atomic mass is 10.0. The zero-order valence-corrected chi connectivity index (χ0v) is 14.8. The highest BCUT2D eigenvalue weighted by atomic mass is 79.9. The molecule has 1 aromatic heterocycles. The fourth-order valence-corrected chi connectivity index (χ4v) is 2.98.